The van der Waals surface area contributed by atoms with E-state index in [0.717, 1.165) is 114 Å². The first-order valence-electron chi connectivity index (χ1n) is 38.2. The lowest BCUT2D eigenvalue weighted by molar-refractivity contribution is -0.161. The molecular formula is C74H144O17P2. The molecule has 19 heteroatoms. The monoisotopic (exact) mass is 1370 g/mol. The molecule has 0 saturated carbocycles. The Balaban J connectivity index is 5.23. The molecule has 17 nitrogen and oxygen atoms in total. The fraction of sp³-hybridized carbons (Fsp3) is 0.946. The molecule has 3 N–H and O–H groups in total. The average molecular weight is 1370 g/mol. The summed E-state index contributed by atoms with van der Waals surface area (Å²) in [5.41, 5.74) is 0. The number of carbonyl (C=O) groups is 4. The zero-order chi connectivity index (χ0) is 68.9. The van der Waals surface area contributed by atoms with Gasteiger partial charge in [0.2, 0.25) is 0 Å². The van der Waals surface area contributed by atoms with Crippen molar-refractivity contribution in [2.75, 3.05) is 39.6 Å². The molecule has 0 spiro atoms. The van der Waals surface area contributed by atoms with Gasteiger partial charge in [-0.2, -0.15) is 0 Å². The first-order valence-corrected chi connectivity index (χ1v) is 41.2. The van der Waals surface area contributed by atoms with E-state index in [1.807, 2.05) is 0 Å². The maximum atomic E-state index is 13.1. The van der Waals surface area contributed by atoms with Crippen molar-refractivity contribution in [3.05, 3.63) is 0 Å². The lowest BCUT2D eigenvalue weighted by Crippen LogP contribution is -2.30. The van der Waals surface area contributed by atoms with E-state index in [0.29, 0.717) is 25.7 Å². The SMILES string of the molecule is CCC(C)CCCCCCCCCCCCCCCCC(=O)OC[C@H](COP(=O)(O)OCC(O)COP(=O)(O)OC[C@@H](COC(=O)CCCCCCCCCCC(C)C)OC(=O)CCCCCCCCCCCC(C)C)OC(=O)CCCCCCCCCCCC(C)C. The van der Waals surface area contributed by atoms with Crippen LogP contribution in [0.4, 0.5) is 0 Å². The van der Waals surface area contributed by atoms with E-state index < -0.39 is 97.5 Å². The van der Waals surface area contributed by atoms with E-state index in [9.17, 15) is 43.2 Å². The van der Waals surface area contributed by atoms with Crippen LogP contribution in [0.1, 0.15) is 370 Å². The number of unbranched alkanes of at least 4 members (excludes halogenated alkanes) is 36. The van der Waals surface area contributed by atoms with Crippen molar-refractivity contribution in [3.8, 4) is 0 Å². The second-order valence-electron chi connectivity index (χ2n) is 28.4. The van der Waals surface area contributed by atoms with E-state index in [-0.39, 0.29) is 25.7 Å². The summed E-state index contributed by atoms with van der Waals surface area (Å²) in [6, 6.07) is 0. The molecule has 93 heavy (non-hydrogen) atoms. The van der Waals surface area contributed by atoms with Crippen molar-refractivity contribution in [2.24, 2.45) is 23.7 Å². The van der Waals surface area contributed by atoms with Crippen molar-refractivity contribution in [1.29, 1.82) is 0 Å². The van der Waals surface area contributed by atoms with Gasteiger partial charge < -0.3 is 33.8 Å². The zero-order valence-corrected chi connectivity index (χ0v) is 62.7. The molecule has 552 valence electrons. The maximum absolute atomic E-state index is 13.1. The summed E-state index contributed by atoms with van der Waals surface area (Å²) in [4.78, 5) is 72.7. The predicted octanol–water partition coefficient (Wildman–Crippen LogP) is 21.3. The van der Waals surface area contributed by atoms with Crippen molar-refractivity contribution in [3.63, 3.8) is 0 Å². The van der Waals surface area contributed by atoms with Gasteiger partial charge in [-0.15, -0.1) is 0 Å². The Morgan fingerprint density at radius 3 is 0.763 bits per heavy atom. The van der Waals surface area contributed by atoms with Crippen molar-refractivity contribution < 1.29 is 80.2 Å². The number of rotatable bonds is 71. The smallest absolute Gasteiger partial charge is 0.462 e. The number of carbonyl (C=O) groups excluding carboxylic acids is 4. The first kappa shape index (κ1) is 91.1. The van der Waals surface area contributed by atoms with E-state index >= 15 is 0 Å². The van der Waals surface area contributed by atoms with Gasteiger partial charge in [0.1, 0.15) is 19.3 Å². The topological polar surface area (TPSA) is 237 Å². The Kier molecular flexibility index (Phi) is 62.2. The van der Waals surface area contributed by atoms with Gasteiger partial charge in [-0.3, -0.25) is 37.3 Å². The van der Waals surface area contributed by atoms with Gasteiger partial charge in [0.25, 0.3) is 0 Å². The number of phosphoric acid groups is 2. The Morgan fingerprint density at radius 1 is 0.301 bits per heavy atom. The Bertz CT molecular complexity index is 1840. The van der Waals surface area contributed by atoms with Crippen LogP contribution in [0.2, 0.25) is 0 Å². The molecule has 0 aromatic carbocycles. The summed E-state index contributed by atoms with van der Waals surface area (Å²) in [6.07, 6.45) is 47.2. The normalized spacial score (nSPS) is 14.5. The standard InChI is InChI=1S/C74H144O17P2/c1-9-67(8)53-45-37-29-20-14-12-10-11-13-15-21-30-38-46-54-71(76)84-60-69(90-73(78)56-48-40-32-22-16-18-26-34-42-50-64(2)3)62-88-92(80,81)86-58-68(75)59-87-93(82,83)89-63-70(61-85-72(77)55-47-39-31-25-24-28-36-44-52-66(6)7)91-74(79)57-49-41-33-23-17-19-27-35-43-51-65(4)5/h64-70,75H,9-63H2,1-8H3,(H,80,81)(H,82,83)/t67?,68?,69-,70-/m1/s1. The number of aliphatic hydroxyl groups excluding tert-OH is 1. The van der Waals surface area contributed by atoms with Crippen molar-refractivity contribution in [2.45, 2.75) is 388 Å². The van der Waals surface area contributed by atoms with Crippen molar-refractivity contribution in [1.82, 2.24) is 0 Å². The third-order valence-electron chi connectivity index (χ3n) is 17.4. The Hall–Kier alpha value is -1.94. The number of ether oxygens (including phenoxy) is 4. The molecule has 0 amide bonds. The predicted molar refractivity (Wildman–Crippen MR) is 377 cm³/mol. The molecule has 0 rings (SSSR count). The fourth-order valence-electron chi connectivity index (χ4n) is 11.2. The molecular weight excluding hydrogens is 1220 g/mol. The van der Waals surface area contributed by atoms with Crippen LogP contribution < -0.4 is 0 Å². The lowest BCUT2D eigenvalue weighted by atomic mass is 9.99. The summed E-state index contributed by atoms with van der Waals surface area (Å²) in [5.74, 6) is 0.924. The highest BCUT2D eigenvalue weighted by atomic mass is 31.2. The molecule has 0 heterocycles. The molecule has 0 aromatic rings. The van der Waals surface area contributed by atoms with Crippen LogP contribution in [0.25, 0.3) is 0 Å². The highest BCUT2D eigenvalue weighted by molar-refractivity contribution is 7.47. The highest BCUT2D eigenvalue weighted by Crippen LogP contribution is 2.45. The highest BCUT2D eigenvalue weighted by Gasteiger charge is 2.30. The number of esters is 4. The lowest BCUT2D eigenvalue weighted by Gasteiger charge is -2.21. The summed E-state index contributed by atoms with van der Waals surface area (Å²) in [7, 11) is -9.91. The van der Waals surface area contributed by atoms with Gasteiger partial charge in [-0.1, -0.05) is 319 Å². The van der Waals surface area contributed by atoms with Crippen LogP contribution in [0.3, 0.4) is 0 Å². The maximum Gasteiger partial charge on any atom is 0.472 e. The molecule has 0 fully saturated rings. The van der Waals surface area contributed by atoms with E-state index in [1.54, 1.807) is 0 Å². The van der Waals surface area contributed by atoms with Crippen LogP contribution in [-0.2, 0) is 65.4 Å². The second-order valence-corrected chi connectivity index (χ2v) is 31.3. The molecule has 6 atom stereocenters. The van der Waals surface area contributed by atoms with E-state index in [2.05, 4.69) is 55.4 Å². The minimum absolute atomic E-state index is 0.104. The van der Waals surface area contributed by atoms with Gasteiger partial charge in [-0.05, 0) is 49.4 Å². The van der Waals surface area contributed by atoms with E-state index in [1.165, 1.54) is 173 Å². The second kappa shape index (κ2) is 63.5. The van der Waals surface area contributed by atoms with Crippen LogP contribution in [0, 0.1) is 23.7 Å². The molecule has 4 unspecified atom stereocenters. The van der Waals surface area contributed by atoms with Gasteiger partial charge in [0.05, 0.1) is 26.4 Å². The van der Waals surface area contributed by atoms with E-state index in [4.69, 9.17) is 37.0 Å². The molecule has 0 aromatic heterocycles. The first-order chi connectivity index (χ1) is 44.6. The Morgan fingerprint density at radius 2 is 0.516 bits per heavy atom. The fourth-order valence-corrected chi connectivity index (χ4v) is 12.7. The quantitative estimate of drug-likeness (QED) is 0.0222. The zero-order valence-electron chi connectivity index (χ0n) is 60.9. The van der Waals surface area contributed by atoms with Gasteiger partial charge in [0.15, 0.2) is 12.2 Å². The molecule has 0 saturated heterocycles. The van der Waals surface area contributed by atoms with Crippen LogP contribution in [0.5, 0.6) is 0 Å². The number of hydrogen-bond acceptors (Lipinski definition) is 15. The van der Waals surface area contributed by atoms with Crippen molar-refractivity contribution >= 4 is 39.5 Å². The van der Waals surface area contributed by atoms with Gasteiger partial charge in [0, 0.05) is 25.7 Å². The molecule has 0 aliphatic rings. The van der Waals surface area contributed by atoms with Crippen LogP contribution in [0.15, 0.2) is 0 Å². The minimum Gasteiger partial charge on any atom is -0.462 e. The molecule has 0 radical (unpaired) electrons. The van der Waals surface area contributed by atoms with Gasteiger partial charge in [-0.25, -0.2) is 9.13 Å². The average Bonchev–Trinajstić information content (AvgIpc) is 2.92. The summed E-state index contributed by atoms with van der Waals surface area (Å²) >= 11 is 0. The summed E-state index contributed by atoms with van der Waals surface area (Å²) in [6.45, 7) is 14.2. The Labute approximate surface area is 568 Å². The van der Waals surface area contributed by atoms with Crippen LogP contribution >= 0.6 is 15.6 Å². The number of aliphatic hydroxyl groups is 1. The number of hydrogen-bond donors (Lipinski definition) is 3. The third kappa shape index (κ3) is 67.0. The molecule has 0 aliphatic carbocycles. The minimum atomic E-state index is -4.96. The van der Waals surface area contributed by atoms with Crippen LogP contribution in [-0.4, -0.2) is 96.7 Å². The molecule has 0 bridgehead atoms. The summed E-state index contributed by atoms with van der Waals surface area (Å²) in [5, 5.41) is 10.6. The van der Waals surface area contributed by atoms with Gasteiger partial charge >= 0.3 is 39.5 Å². The summed E-state index contributed by atoms with van der Waals surface area (Å²) < 4.78 is 68.4. The molecule has 0 aliphatic heterocycles. The largest absolute Gasteiger partial charge is 0.472 e. The number of phosphoric ester groups is 2. The third-order valence-corrected chi connectivity index (χ3v) is 19.3.